The summed E-state index contributed by atoms with van der Waals surface area (Å²) in [5.41, 5.74) is 1.90. The lowest BCUT2D eigenvalue weighted by molar-refractivity contribution is 0.471. The van der Waals surface area contributed by atoms with Gasteiger partial charge in [-0.2, -0.15) is 5.10 Å². The lowest BCUT2D eigenvalue weighted by atomic mass is 10.1. The van der Waals surface area contributed by atoms with E-state index in [1.54, 1.807) is 16.9 Å². The van der Waals surface area contributed by atoms with Crippen molar-refractivity contribution in [1.82, 2.24) is 9.78 Å². The van der Waals surface area contributed by atoms with Crippen molar-refractivity contribution >= 4 is 11.6 Å². The van der Waals surface area contributed by atoms with Crippen LogP contribution in [0.2, 0.25) is 5.02 Å². The molecule has 0 aliphatic heterocycles. The van der Waals surface area contributed by atoms with E-state index in [4.69, 9.17) is 11.6 Å². The predicted octanol–water partition coefficient (Wildman–Crippen LogP) is 4.04. The molecule has 0 bridgehead atoms. The number of nitrogens with zero attached hydrogens (tertiary/aromatic N) is 2. The third-order valence-electron chi connectivity index (χ3n) is 2.96. The summed E-state index contributed by atoms with van der Waals surface area (Å²) in [4.78, 5) is 0. The molecule has 0 aliphatic rings. The van der Waals surface area contributed by atoms with Crippen LogP contribution in [0.15, 0.2) is 54.7 Å². The van der Waals surface area contributed by atoms with Crippen LogP contribution in [-0.2, 0) is 0 Å². The van der Waals surface area contributed by atoms with E-state index in [-0.39, 0.29) is 10.8 Å². The van der Waals surface area contributed by atoms with Crippen LogP contribution in [0.4, 0.5) is 4.39 Å². The Hall–Kier alpha value is -2.33. The summed E-state index contributed by atoms with van der Waals surface area (Å²) in [5.74, 6) is -0.830. The number of aromatic hydroxyl groups is 1. The van der Waals surface area contributed by atoms with E-state index >= 15 is 0 Å². The van der Waals surface area contributed by atoms with Gasteiger partial charge in [0.2, 0.25) is 0 Å². The highest BCUT2D eigenvalue weighted by atomic mass is 35.5. The summed E-state index contributed by atoms with van der Waals surface area (Å²) >= 11 is 5.79. The Balaban J connectivity index is 2.18. The van der Waals surface area contributed by atoms with Gasteiger partial charge in [-0.1, -0.05) is 29.8 Å². The number of para-hydroxylation sites is 1. The van der Waals surface area contributed by atoms with Gasteiger partial charge < -0.3 is 5.11 Å². The molecule has 3 rings (SSSR count). The molecule has 0 radical (unpaired) electrons. The molecule has 20 heavy (non-hydrogen) atoms. The van der Waals surface area contributed by atoms with E-state index in [2.05, 4.69) is 5.10 Å². The molecular formula is C15H10ClFN2O. The summed E-state index contributed by atoms with van der Waals surface area (Å²) in [6.45, 7) is 0. The minimum absolute atomic E-state index is 0.0430. The minimum Gasteiger partial charge on any atom is -0.507 e. The fourth-order valence-corrected chi connectivity index (χ4v) is 2.19. The van der Waals surface area contributed by atoms with Crippen LogP contribution in [-0.4, -0.2) is 14.9 Å². The van der Waals surface area contributed by atoms with Gasteiger partial charge in [0.05, 0.1) is 22.6 Å². The van der Waals surface area contributed by atoms with Gasteiger partial charge in [-0.15, -0.1) is 0 Å². The molecule has 0 atom stereocenters. The molecule has 2 aromatic carbocycles. The van der Waals surface area contributed by atoms with Crippen molar-refractivity contribution in [3.05, 3.63) is 65.6 Å². The Kier molecular flexibility index (Phi) is 3.16. The number of phenols is 1. The molecule has 1 heterocycles. The van der Waals surface area contributed by atoms with Crippen molar-refractivity contribution in [1.29, 1.82) is 0 Å². The average Bonchev–Trinajstić information content (AvgIpc) is 2.93. The van der Waals surface area contributed by atoms with E-state index in [9.17, 15) is 9.50 Å². The Morgan fingerprint density at radius 1 is 1.10 bits per heavy atom. The predicted molar refractivity (Wildman–Crippen MR) is 75.6 cm³/mol. The number of hydrogen-bond donors (Lipinski definition) is 1. The summed E-state index contributed by atoms with van der Waals surface area (Å²) < 4.78 is 15.0. The van der Waals surface area contributed by atoms with Gasteiger partial charge >= 0.3 is 0 Å². The molecule has 0 saturated heterocycles. The first-order valence-corrected chi connectivity index (χ1v) is 6.32. The van der Waals surface area contributed by atoms with Crippen LogP contribution in [0.25, 0.3) is 16.9 Å². The molecule has 100 valence electrons. The first-order valence-electron chi connectivity index (χ1n) is 5.94. The van der Waals surface area contributed by atoms with Crippen LogP contribution in [0.1, 0.15) is 0 Å². The van der Waals surface area contributed by atoms with Gasteiger partial charge in [-0.3, -0.25) is 0 Å². The molecule has 3 aromatic rings. The second kappa shape index (κ2) is 4.98. The molecule has 0 aliphatic carbocycles. The highest BCUT2D eigenvalue weighted by molar-refractivity contribution is 6.31. The molecule has 1 aromatic heterocycles. The molecule has 0 unspecified atom stereocenters. The maximum Gasteiger partial charge on any atom is 0.145 e. The van der Waals surface area contributed by atoms with E-state index < -0.39 is 5.82 Å². The monoisotopic (exact) mass is 288 g/mol. The largest absolute Gasteiger partial charge is 0.507 e. The zero-order chi connectivity index (χ0) is 14.1. The Morgan fingerprint density at radius 3 is 2.60 bits per heavy atom. The smallest absolute Gasteiger partial charge is 0.145 e. The summed E-state index contributed by atoms with van der Waals surface area (Å²) in [7, 11) is 0. The Labute approximate surface area is 119 Å². The van der Waals surface area contributed by atoms with Gasteiger partial charge in [-0.05, 0) is 24.3 Å². The number of rotatable bonds is 2. The molecule has 0 fully saturated rings. The normalized spacial score (nSPS) is 10.7. The summed E-state index contributed by atoms with van der Waals surface area (Å²) in [5, 5.41) is 14.1. The van der Waals surface area contributed by atoms with Gasteiger partial charge in [0.15, 0.2) is 0 Å². The number of phenolic OH excluding ortho intramolecular Hbond substituents is 1. The lowest BCUT2D eigenvalue weighted by Gasteiger charge is -2.09. The standard InChI is InChI=1S/C15H10ClFN2O/c16-12-8-11(15(20)9-13(12)17)14-6-7-18-19(14)10-4-2-1-3-5-10/h1-9,20H. The van der Waals surface area contributed by atoms with Crippen molar-refractivity contribution in [2.75, 3.05) is 0 Å². The highest BCUT2D eigenvalue weighted by Crippen LogP contribution is 2.34. The maximum absolute atomic E-state index is 13.3. The quantitative estimate of drug-likeness (QED) is 0.773. The van der Waals surface area contributed by atoms with Crippen LogP contribution in [0, 0.1) is 5.82 Å². The molecule has 0 saturated carbocycles. The van der Waals surface area contributed by atoms with Gasteiger partial charge in [0.25, 0.3) is 0 Å². The van der Waals surface area contributed by atoms with Gasteiger partial charge in [0, 0.05) is 11.6 Å². The van der Waals surface area contributed by atoms with Crippen molar-refractivity contribution in [3.8, 4) is 22.7 Å². The topological polar surface area (TPSA) is 38.1 Å². The molecule has 0 amide bonds. The summed E-state index contributed by atoms with van der Waals surface area (Å²) in [6.07, 6.45) is 1.61. The summed E-state index contributed by atoms with van der Waals surface area (Å²) in [6, 6.07) is 13.6. The van der Waals surface area contributed by atoms with Crippen molar-refractivity contribution in [3.63, 3.8) is 0 Å². The van der Waals surface area contributed by atoms with Crippen LogP contribution >= 0.6 is 11.6 Å². The second-order valence-electron chi connectivity index (χ2n) is 4.25. The fraction of sp³-hybridized carbons (Fsp3) is 0. The molecule has 5 heteroatoms. The number of hydrogen-bond acceptors (Lipinski definition) is 2. The van der Waals surface area contributed by atoms with Gasteiger partial charge in [-0.25, -0.2) is 9.07 Å². The van der Waals surface area contributed by atoms with Crippen molar-refractivity contribution in [2.24, 2.45) is 0 Å². The molecule has 3 nitrogen and oxygen atoms in total. The van der Waals surface area contributed by atoms with E-state index in [0.29, 0.717) is 11.3 Å². The molecule has 0 spiro atoms. The first kappa shape index (κ1) is 12.7. The van der Waals surface area contributed by atoms with Crippen LogP contribution < -0.4 is 0 Å². The van der Waals surface area contributed by atoms with Crippen molar-refractivity contribution in [2.45, 2.75) is 0 Å². The average molecular weight is 289 g/mol. The van der Waals surface area contributed by atoms with E-state index in [0.717, 1.165) is 11.8 Å². The number of aromatic nitrogens is 2. The fourth-order valence-electron chi connectivity index (χ4n) is 2.02. The zero-order valence-electron chi connectivity index (χ0n) is 10.3. The third kappa shape index (κ3) is 2.14. The molecular weight excluding hydrogens is 279 g/mol. The Morgan fingerprint density at radius 2 is 1.85 bits per heavy atom. The zero-order valence-corrected chi connectivity index (χ0v) is 11.0. The maximum atomic E-state index is 13.3. The Bertz CT molecular complexity index is 756. The van der Waals surface area contributed by atoms with Crippen molar-refractivity contribution < 1.29 is 9.50 Å². The highest BCUT2D eigenvalue weighted by Gasteiger charge is 2.14. The first-order chi connectivity index (χ1) is 9.66. The van der Waals surface area contributed by atoms with E-state index in [1.807, 2.05) is 30.3 Å². The van der Waals surface area contributed by atoms with Gasteiger partial charge in [0.1, 0.15) is 11.6 Å². The lowest BCUT2D eigenvalue weighted by Crippen LogP contribution is -1.98. The molecule has 1 N–H and O–H groups in total. The van der Waals surface area contributed by atoms with Crippen LogP contribution in [0.5, 0.6) is 5.75 Å². The third-order valence-corrected chi connectivity index (χ3v) is 3.25. The number of benzene rings is 2. The number of halogens is 2. The van der Waals surface area contributed by atoms with Crippen LogP contribution in [0.3, 0.4) is 0 Å². The minimum atomic E-state index is -0.654. The van der Waals surface area contributed by atoms with E-state index in [1.165, 1.54) is 6.07 Å². The second-order valence-corrected chi connectivity index (χ2v) is 4.65. The SMILES string of the molecule is Oc1cc(F)c(Cl)cc1-c1ccnn1-c1ccccc1.